The molecule has 0 heterocycles. The Balaban J connectivity index is 2.31. The molecule has 1 rings (SSSR count). The highest BCUT2D eigenvalue weighted by Gasteiger charge is 2.48. The van der Waals surface area contributed by atoms with Crippen LogP contribution in [-0.4, -0.2) is 45.7 Å². The molecule has 5 heteroatoms. The number of nitrogens with one attached hydrogen (secondary N) is 1. The molecule has 1 aliphatic rings. The van der Waals surface area contributed by atoms with E-state index in [2.05, 4.69) is 33.0 Å². The van der Waals surface area contributed by atoms with Gasteiger partial charge in [-0.15, -0.1) is 0 Å². The van der Waals surface area contributed by atoms with Gasteiger partial charge < -0.3 is 10.1 Å². The Bertz CT molecular complexity index is 362. The number of sulfone groups is 1. The van der Waals surface area contributed by atoms with Crippen LogP contribution in [-0.2, 0) is 14.6 Å². The quantitative estimate of drug-likeness (QED) is 0.765. The van der Waals surface area contributed by atoms with E-state index in [4.69, 9.17) is 4.74 Å². The molecule has 1 aliphatic carbocycles. The Morgan fingerprint density at radius 1 is 1.39 bits per heavy atom. The standard InChI is InChI=1S/C13H27NO3S/c1-10(2)9-17-12-8-11(13(12,3)4)14-6-7-18(5,15)16/h10-12,14H,6-9H2,1-5H3. The van der Waals surface area contributed by atoms with Gasteiger partial charge in [0.15, 0.2) is 0 Å². The van der Waals surface area contributed by atoms with E-state index in [1.54, 1.807) is 0 Å². The fourth-order valence-corrected chi connectivity index (χ4v) is 2.73. The van der Waals surface area contributed by atoms with Crippen LogP contribution in [0.2, 0.25) is 0 Å². The zero-order valence-corrected chi connectivity index (χ0v) is 13.0. The Labute approximate surface area is 111 Å². The summed E-state index contributed by atoms with van der Waals surface area (Å²) in [6.07, 6.45) is 2.54. The predicted molar refractivity (Wildman–Crippen MR) is 74.5 cm³/mol. The average Bonchev–Trinajstić information content (AvgIpc) is 2.19. The number of hydrogen-bond donors (Lipinski definition) is 1. The summed E-state index contributed by atoms with van der Waals surface area (Å²) in [6.45, 7) is 9.98. The molecular formula is C13H27NO3S. The van der Waals surface area contributed by atoms with Crippen molar-refractivity contribution in [3.8, 4) is 0 Å². The van der Waals surface area contributed by atoms with Crippen molar-refractivity contribution in [2.75, 3.05) is 25.2 Å². The lowest BCUT2D eigenvalue weighted by molar-refractivity contribution is -0.123. The summed E-state index contributed by atoms with van der Waals surface area (Å²) in [7, 11) is -2.87. The van der Waals surface area contributed by atoms with Crippen LogP contribution in [0.1, 0.15) is 34.1 Å². The van der Waals surface area contributed by atoms with Crippen LogP contribution in [0, 0.1) is 11.3 Å². The third-order valence-corrected chi connectivity index (χ3v) is 4.62. The lowest BCUT2D eigenvalue weighted by atomic mass is 9.64. The normalized spacial score (nSPS) is 27.2. The first kappa shape index (κ1) is 15.9. The second-order valence-corrected chi connectivity index (χ2v) is 8.67. The van der Waals surface area contributed by atoms with Gasteiger partial charge >= 0.3 is 0 Å². The molecule has 0 aromatic carbocycles. The molecule has 0 radical (unpaired) electrons. The summed E-state index contributed by atoms with van der Waals surface area (Å²) in [4.78, 5) is 0. The Hall–Kier alpha value is -0.130. The molecule has 4 nitrogen and oxygen atoms in total. The van der Waals surface area contributed by atoms with Crippen molar-refractivity contribution in [2.45, 2.75) is 46.3 Å². The highest BCUT2D eigenvalue weighted by molar-refractivity contribution is 7.90. The highest BCUT2D eigenvalue weighted by atomic mass is 32.2. The summed E-state index contributed by atoms with van der Waals surface area (Å²) in [6, 6.07) is 0.358. The molecule has 18 heavy (non-hydrogen) atoms. The molecule has 0 aliphatic heterocycles. The second kappa shape index (κ2) is 5.88. The molecule has 0 bridgehead atoms. The molecule has 0 saturated heterocycles. The minimum Gasteiger partial charge on any atom is -0.377 e. The van der Waals surface area contributed by atoms with Crippen molar-refractivity contribution >= 4 is 9.84 Å². The first-order valence-electron chi connectivity index (χ1n) is 6.65. The molecule has 0 spiro atoms. The van der Waals surface area contributed by atoms with Crippen LogP contribution in [0.25, 0.3) is 0 Å². The van der Waals surface area contributed by atoms with E-state index < -0.39 is 9.84 Å². The molecule has 1 N–H and O–H groups in total. The van der Waals surface area contributed by atoms with Crippen molar-refractivity contribution < 1.29 is 13.2 Å². The van der Waals surface area contributed by atoms with E-state index in [1.165, 1.54) is 6.26 Å². The van der Waals surface area contributed by atoms with Gasteiger partial charge in [-0.1, -0.05) is 27.7 Å². The van der Waals surface area contributed by atoms with Crippen LogP contribution in [0.4, 0.5) is 0 Å². The Kier molecular flexibility index (Phi) is 5.21. The summed E-state index contributed by atoms with van der Waals surface area (Å²) < 4.78 is 28.0. The van der Waals surface area contributed by atoms with Crippen LogP contribution in [0.15, 0.2) is 0 Å². The first-order chi connectivity index (χ1) is 8.13. The fraction of sp³-hybridized carbons (Fsp3) is 1.00. The van der Waals surface area contributed by atoms with E-state index in [-0.39, 0.29) is 17.3 Å². The molecular weight excluding hydrogens is 250 g/mol. The van der Waals surface area contributed by atoms with Gasteiger partial charge in [0.05, 0.1) is 11.9 Å². The van der Waals surface area contributed by atoms with E-state index in [0.29, 0.717) is 18.5 Å². The first-order valence-corrected chi connectivity index (χ1v) is 8.71. The van der Waals surface area contributed by atoms with E-state index in [1.807, 2.05) is 0 Å². The van der Waals surface area contributed by atoms with Gasteiger partial charge in [-0.3, -0.25) is 0 Å². The van der Waals surface area contributed by atoms with Gasteiger partial charge in [-0.2, -0.15) is 0 Å². The minimum atomic E-state index is -2.87. The molecule has 0 amide bonds. The molecule has 108 valence electrons. The van der Waals surface area contributed by atoms with Crippen LogP contribution in [0.3, 0.4) is 0 Å². The summed E-state index contributed by atoms with van der Waals surface area (Å²) in [5.74, 6) is 0.759. The van der Waals surface area contributed by atoms with Gasteiger partial charge in [0.2, 0.25) is 0 Å². The Morgan fingerprint density at radius 2 is 2.00 bits per heavy atom. The maximum Gasteiger partial charge on any atom is 0.148 e. The SMILES string of the molecule is CC(C)COC1CC(NCCS(C)(=O)=O)C1(C)C. The van der Waals surface area contributed by atoms with Crippen molar-refractivity contribution in [1.29, 1.82) is 0 Å². The van der Waals surface area contributed by atoms with Crippen molar-refractivity contribution in [1.82, 2.24) is 5.32 Å². The summed E-state index contributed by atoms with van der Waals surface area (Å²) in [5, 5.41) is 3.32. The average molecular weight is 277 g/mol. The lowest BCUT2D eigenvalue weighted by Gasteiger charge is -2.52. The van der Waals surface area contributed by atoms with E-state index in [0.717, 1.165) is 13.0 Å². The second-order valence-electron chi connectivity index (χ2n) is 6.41. The third kappa shape index (κ3) is 4.52. The van der Waals surface area contributed by atoms with E-state index >= 15 is 0 Å². The van der Waals surface area contributed by atoms with Crippen molar-refractivity contribution in [3.05, 3.63) is 0 Å². The number of rotatable bonds is 7. The summed E-state index contributed by atoms with van der Waals surface area (Å²) in [5.41, 5.74) is 0.0897. The van der Waals surface area contributed by atoms with Crippen molar-refractivity contribution in [3.63, 3.8) is 0 Å². The molecule has 2 unspecified atom stereocenters. The predicted octanol–water partition coefficient (Wildman–Crippen LogP) is 1.46. The topological polar surface area (TPSA) is 55.4 Å². The van der Waals surface area contributed by atoms with Crippen molar-refractivity contribution in [2.24, 2.45) is 11.3 Å². The molecule has 1 saturated carbocycles. The Morgan fingerprint density at radius 3 is 2.44 bits per heavy atom. The van der Waals surface area contributed by atoms with Crippen LogP contribution < -0.4 is 5.32 Å². The largest absolute Gasteiger partial charge is 0.377 e. The van der Waals surface area contributed by atoms with Gasteiger partial charge in [-0.25, -0.2) is 8.42 Å². The van der Waals surface area contributed by atoms with Crippen LogP contribution in [0.5, 0.6) is 0 Å². The monoisotopic (exact) mass is 277 g/mol. The van der Waals surface area contributed by atoms with Gasteiger partial charge in [0, 0.05) is 30.9 Å². The molecule has 0 aromatic heterocycles. The number of ether oxygens (including phenoxy) is 1. The molecule has 0 aromatic rings. The lowest BCUT2D eigenvalue weighted by Crippen LogP contribution is -2.61. The zero-order chi connectivity index (χ0) is 14.0. The maximum absolute atomic E-state index is 11.1. The van der Waals surface area contributed by atoms with E-state index in [9.17, 15) is 8.42 Å². The van der Waals surface area contributed by atoms with Crippen LogP contribution >= 0.6 is 0 Å². The molecule has 1 fully saturated rings. The van der Waals surface area contributed by atoms with Gasteiger partial charge in [0.1, 0.15) is 9.84 Å². The third-order valence-electron chi connectivity index (χ3n) is 3.67. The van der Waals surface area contributed by atoms with Gasteiger partial charge in [-0.05, 0) is 12.3 Å². The smallest absolute Gasteiger partial charge is 0.148 e. The minimum absolute atomic E-state index is 0.0897. The van der Waals surface area contributed by atoms with Gasteiger partial charge in [0.25, 0.3) is 0 Å². The summed E-state index contributed by atoms with van der Waals surface area (Å²) >= 11 is 0. The highest BCUT2D eigenvalue weighted by Crippen LogP contribution is 2.42. The molecule has 2 atom stereocenters. The zero-order valence-electron chi connectivity index (χ0n) is 12.2. The number of hydrogen-bond acceptors (Lipinski definition) is 4. The maximum atomic E-state index is 11.1. The fourth-order valence-electron chi connectivity index (χ4n) is 2.24.